The molecule has 0 aliphatic carbocycles. The van der Waals surface area contributed by atoms with Crippen molar-refractivity contribution in [2.24, 2.45) is 0 Å². The minimum atomic E-state index is -0.654. The van der Waals surface area contributed by atoms with Gasteiger partial charge in [0.05, 0.1) is 12.7 Å². The molecule has 1 aromatic rings. The molecule has 0 bridgehead atoms. The zero-order chi connectivity index (χ0) is 13.5. The van der Waals surface area contributed by atoms with Gasteiger partial charge in [-0.05, 0) is 18.6 Å². The van der Waals surface area contributed by atoms with Crippen LogP contribution in [0, 0.1) is 0 Å². The number of nitrogens with zero attached hydrogens (tertiary/aromatic N) is 2. The van der Waals surface area contributed by atoms with Crippen molar-refractivity contribution >= 4 is 5.91 Å². The summed E-state index contributed by atoms with van der Waals surface area (Å²) in [7, 11) is 3.21. The topological polar surface area (TPSA) is 54.7 Å². The Morgan fingerprint density at radius 3 is 2.94 bits per heavy atom. The third-order valence-electron chi connectivity index (χ3n) is 2.70. The first-order chi connectivity index (χ1) is 8.60. The van der Waals surface area contributed by atoms with E-state index in [1.807, 2.05) is 16.8 Å². The summed E-state index contributed by atoms with van der Waals surface area (Å²) < 4.78 is 6.78. The molecule has 0 aliphatic rings. The lowest BCUT2D eigenvalue weighted by atomic mass is 10.3. The van der Waals surface area contributed by atoms with Gasteiger partial charge >= 0.3 is 0 Å². The minimum Gasteiger partial charge on any atom is -0.389 e. The average Bonchev–Trinajstić information content (AvgIpc) is 2.77. The van der Waals surface area contributed by atoms with Crippen molar-refractivity contribution in [1.29, 1.82) is 0 Å². The summed E-state index contributed by atoms with van der Waals surface area (Å²) in [6.45, 7) is 3.39. The second-order valence-electron chi connectivity index (χ2n) is 4.38. The van der Waals surface area contributed by atoms with Crippen LogP contribution in [0.1, 0.15) is 23.8 Å². The Bertz CT molecular complexity index is 376. The smallest absolute Gasteiger partial charge is 0.270 e. The Morgan fingerprint density at radius 2 is 2.33 bits per heavy atom. The fourth-order valence-electron chi connectivity index (χ4n) is 1.88. The molecule has 1 amide bonds. The number of hydrogen-bond donors (Lipinski definition) is 1. The second-order valence-corrected chi connectivity index (χ2v) is 4.38. The summed E-state index contributed by atoms with van der Waals surface area (Å²) in [4.78, 5) is 13.7. The molecule has 1 unspecified atom stereocenters. The zero-order valence-electron chi connectivity index (χ0n) is 11.3. The first-order valence-corrected chi connectivity index (χ1v) is 6.17. The predicted molar refractivity (Wildman–Crippen MR) is 69.6 cm³/mol. The number of rotatable bonds is 7. The number of amides is 1. The summed E-state index contributed by atoms with van der Waals surface area (Å²) >= 11 is 0. The number of likely N-dealkylation sites (N-methyl/N-ethyl adjacent to an activating group) is 1. The predicted octanol–water partition coefficient (Wildman–Crippen LogP) is 0.977. The van der Waals surface area contributed by atoms with Gasteiger partial charge in [0, 0.05) is 33.4 Å². The Balaban J connectivity index is 2.65. The van der Waals surface area contributed by atoms with Crippen LogP contribution in [0.5, 0.6) is 0 Å². The van der Waals surface area contributed by atoms with E-state index in [0.29, 0.717) is 5.69 Å². The molecule has 1 aromatic heterocycles. The molecular weight excluding hydrogens is 232 g/mol. The Morgan fingerprint density at radius 1 is 1.61 bits per heavy atom. The fraction of sp³-hybridized carbons (Fsp3) is 0.615. The monoisotopic (exact) mass is 254 g/mol. The molecule has 0 saturated carbocycles. The third kappa shape index (κ3) is 3.85. The first-order valence-electron chi connectivity index (χ1n) is 6.17. The van der Waals surface area contributed by atoms with Crippen LogP contribution in [0.25, 0.3) is 0 Å². The molecule has 1 rings (SSSR count). The molecule has 1 heterocycles. The minimum absolute atomic E-state index is 0.0800. The molecule has 0 aromatic carbocycles. The van der Waals surface area contributed by atoms with Gasteiger partial charge in [0.1, 0.15) is 5.69 Å². The van der Waals surface area contributed by atoms with Crippen molar-refractivity contribution in [2.45, 2.75) is 26.0 Å². The molecule has 0 radical (unpaired) electrons. The largest absolute Gasteiger partial charge is 0.389 e. The highest BCUT2D eigenvalue weighted by Crippen LogP contribution is 2.07. The number of ether oxygens (including phenoxy) is 1. The lowest BCUT2D eigenvalue weighted by Gasteiger charge is -2.21. The SMILES string of the molecule is CCCn1cccc1C(=O)N(C)CC(O)COC. The van der Waals surface area contributed by atoms with E-state index in [4.69, 9.17) is 4.74 Å². The van der Waals surface area contributed by atoms with E-state index in [0.717, 1.165) is 13.0 Å². The fourth-order valence-corrected chi connectivity index (χ4v) is 1.88. The van der Waals surface area contributed by atoms with Gasteiger partial charge in [0.15, 0.2) is 0 Å². The normalized spacial score (nSPS) is 12.4. The number of aliphatic hydroxyl groups excluding tert-OH is 1. The van der Waals surface area contributed by atoms with Crippen LogP contribution < -0.4 is 0 Å². The van der Waals surface area contributed by atoms with Crippen LogP contribution in [0.4, 0.5) is 0 Å². The van der Waals surface area contributed by atoms with Crippen LogP contribution in [0.2, 0.25) is 0 Å². The number of carbonyl (C=O) groups is 1. The van der Waals surface area contributed by atoms with Gasteiger partial charge in [-0.25, -0.2) is 0 Å². The Hall–Kier alpha value is -1.33. The van der Waals surface area contributed by atoms with Gasteiger partial charge in [0.2, 0.25) is 0 Å². The molecule has 1 atom stereocenters. The van der Waals surface area contributed by atoms with Crippen LogP contribution in [0.15, 0.2) is 18.3 Å². The first kappa shape index (κ1) is 14.7. The van der Waals surface area contributed by atoms with E-state index in [1.165, 1.54) is 12.0 Å². The lowest BCUT2D eigenvalue weighted by molar-refractivity contribution is 0.0376. The Kier molecular flexibility index (Phi) is 5.88. The molecule has 1 N–H and O–H groups in total. The third-order valence-corrected chi connectivity index (χ3v) is 2.70. The highest BCUT2D eigenvalue weighted by atomic mass is 16.5. The van der Waals surface area contributed by atoms with Gasteiger partial charge in [-0.2, -0.15) is 0 Å². The van der Waals surface area contributed by atoms with Gasteiger partial charge in [-0.3, -0.25) is 4.79 Å². The summed E-state index contributed by atoms with van der Waals surface area (Å²) in [6, 6.07) is 3.67. The molecule has 18 heavy (non-hydrogen) atoms. The summed E-state index contributed by atoms with van der Waals surface area (Å²) in [5, 5.41) is 9.61. The number of aromatic nitrogens is 1. The van der Waals surface area contributed by atoms with E-state index in [-0.39, 0.29) is 19.1 Å². The van der Waals surface area contributed by atoms with Gasteiger partial charge in [-0.15, -0.1) is 0 Å². The zero-order valence-corrected chi connectivity index (χ0v) is 11.3. The van der Waals surface area contributed by atoms with Crippen LogP contribution in [0.3, 0.4) is 0 Å². The van der Waals surface area contributed by atoms with E-state index in [9.17, 15) is 9.90 Å². The summed E-state index contributed by atoms with van der Waals surface area (Å²) in [6.07, 6.45) is 2.22. The van der Waals surface area contributed by atoms with E-state index < -0.39 is 6.10 Å². The van der Waals surface area contributed by atoms with E-state index in [2.05, 4.69) is 6.92 Å². The van der Waals surface area contributed by atoms with Crippen molar-refractivity contribution < 1.29 is 14.6 Å². The number of aliphatic hydroxyl groups is 1. The molecule has 102 valence electrons. The highest BCUT2D eigenvalue weighted by Gasteiger charge is 2.17. The van der Waals surface area contributed by atoms with Crippen LogP contribution in [-0.4, -0.2) is 53.9 Å². The van der Waals surface area contributed by atoms with E-state index in [1.54, 1.807) is 13.1 Å². The molecule has 0 fully saturated rings. The van der Waals surface area contributed by atoms with Gasteiger partial charge in [-0.1, -0.05) is 6.92 Å². The maximum absolute atomic E-state index is 12.2. The molecule has 0 spiro atoms. The molecule has 0 aliphatic heterocycles. The second kappa shape index (κ2) is 7.18. The maximum Gasteiger partial charge on any atom is 0.270 e. The van der Waals surface area contributed by atoms with Gasteiger partial charge < -0.3 is 19.3 Å². The van der Waals surface area contributed by atoms with E-state index >= 15 is 0 Å². The standard InChI is InChI=1S/C13H22N2O3/c1-4-7-15-8-5-6-12(15)13(17)14(2)9-11(16)10-18-3/h5-6,8,11,16H,4,7,9-10H2,1-3H3. The van der Waals surface area contributed by atoms with Crippen molar-refractivity contribution in [3.05, 3.63) is 24.0 Å². The summed E-state index contributed by atoms with van der Waals surface area (Å²) in [5.41, 5.74) is 0.656. The molecule has 5 heteroatoms. The lowest BCUT2D eigenvalue weighted by Crippen LogP contribution is -2.37. The molecule has 5 nitrogen and oxygen atoms in total. The number of hydrogen-bond acceptors (Lipinski definition) is 3. The van der Waals surface area contributed by atoms with Crippen LogP contribution in [-0.2, 0) is 11.3 Å². The van der Waals surface area contributed by atoms with Crippen LogP contribution >= 0.6 is 0 Å². The van der Waals surface area contributed by atoms with Crippen molar-refractivity contribution in [2.75, 3.05) is 27.3 Å². The molecule has 0 saturated heterocycles. The van der Waals surface area contributed by atoms with Crippen molar-refractivity contribution in [1.82, 2.24) is 9.47 Å². The number of aryl methyl sites for hydroxylation is 1. The van der Waals surface area contributed by atoms with Gasteiger partial charge in [0.25, 0.3) is 5.91 Å². The average molecular weight is 254 g/mol. The number of methoxy groups -OCH3 is 1. The summed E-state index contributed by atoms with van der Waals surface area (Å²) in [5.74, 6) is -0.0800. The molecular formula is C13H22N2O3. The Labute approximate surface area is 108 Å². The quantitative estimate of drug-likeness (QED) is 0.789. The highest BCUT2D eigenvalue weighted by molar-refractivity contribution is 5.92. The van der Waals surface area contributed by atoms with Crippen molar-refractivity contribution in [3.63, 3.8) is 0 Å². The number of carbonyl (C=O) groups excluding carboxylic acids is 1. The van der Waals surface area contributed by atoms with Crippen molar-refractivity contribution in [3.8, 4) is 0 Å². The maximum atomic E-state index is 12.2.